The predicted octanol–water partition coefficient (Wildman–Crippen LogP) is 15.1. The minimum absolute atomic E-state index is 1.11. The third-order valence-electron chi connectivity index (χ3n) is 10.9. The van der Waals surface area contributed by atoms with Gasteiger partial charge in [-0.1, -0.05) is 158 Å². The molecule has 0 aliphatic rings. The summed E-state index contributed by atoms with van der Waals surface area (Å²) < 4.78 is 5.02. The molecule has 0 fully saturated rings. The molecule has 0 spiro atoms. The largest absolute Gasteiger partial charge is 0.309 e. The van der Waals surface area contributed by atoms with Crippen LogP contribution in [0, 0.1) is 0 Å². The summed E-state index contributed by atoms with van der Waals surface area (Å²) in [5.74, 6) is 0. The molecule has 2 nitrogen and oxygen atoms in total. The molecule has 0 bridgehead atoms. The number of benzene rings is 9. The Morgan fingerprint density at radius 3 is 1.80 bits per heavy atom. The van der Waals surface area contributed by atoms with Gasteiger partial charge in [-0.25, -0.2) is 0 Å². The number of hydrogen-bond acceptors (Lipinski definition) is 2. The summed E-state index contributed by atoms with van der Waals surface area (Å²) in [5, 5.41) is 7.43. The fourth-order valence-electron chi connectivity index (χ4n) is 8.41. The highest BCUT2D eigenvalue weighted by Crippen LogP contribution is 2.49. The van der Waals surface area contributed by atoms with Gasteiger partial charge in [0.15, 0.2) is 0 Å². The lowest BCUT2D eigenvalue weighted by molar-refractivity contribution is 1.18. The first kappa shape index (κ1) is 31.6. The van der Waals surface area contributed by atoms with Crippen molar-refractivity contribution >= 4 is 81.1 Å². The van der Waals surface area contributed by atoms with E-state index in [0.717, 1.165) is 22.7 Å². The zero-order valence-electron chi connectivity index (χ0n) is 29.9. The maximum Gasteiger partial charge on any atom is 0.0661 e. The number of hydrogen-bond donors (Lipinski definition) is 0. The molecule has 0 unspecified atom stereocenters. The molecular weight excluding hydrogens is 685 g/mol. The second kappa shape index (κ2) is 12.9. The highest BCUT2D eigenvalue weighted by atomic mass is 32.1. The molecule has 11 aromatic rings. The maximum atomic E-state index is 2.50. The van der Waals surface area contributed by atoms with Crippen molar-refractivity contribution in [3.63, 3.8) is 0 Å². The molecule has 0 saturated carbocycles. The van der Waals surface area contributed by atoms with Crippen molar-refractivity contribution in [1.82, 2.24) is 4.57 Å². The minimum Gasteiger partial charge on any atom is -0.309 e. The summed E-state index contributed by atoms with van der Waals surface area (Å²) in [6.07, 6.45) is 0. The van der Waals surface area contributed by atoms with Crippen molar-refractivity contribution in [3.8, 4) is 27.9 Å². The number of anilines is 3. The van der Waals surface area contributed by atoms with Crippen LogP contribution in [0.25, 0.3) is 80.7 Å². The molecule has 0 saturated heterocycles. The molecule has 0 amide bonds. The van der Waals surface area contributed by atoms with Gasteiger partial charge in [0, 0.05) is 43.0 Å². The monoisotopic (exact) mass is 718 g/mol. The third kappa shape index (κ3) is 5.24. The van der Waals surface area contributed by atoms with Crippen molar-refractivity contribution in [3.05, 3.63) is 206 Å². The molecule has 3 heteroatoms. The van der Waals surface area contributed by atoms with Crippen LogP contribution in [0.4, 0.5) is 17.1 Å². The Morgan fingerprint density at radius 1 is 0.364 bits per heavy atom. The smallest absolute Gasteiger partial charge is 0.0661 e. The van der Waals surface area contributed by atoms with Crippen LogP contribution in [0.15, 0.2) is 206 Å². The van der Waals surface area contributed by atoms with Gasteiger partial charge >= 0.3 is 0 Å². The van der Waals surface area contributed by atoms with Gasteiger partial charge in [0.05, 0.1) is 27.1 Å². The quantitative estimate of drug-likeness (QED) is 0.166. The Morgan fingerprint density at radius 2 is 0.982 bits per heavy atom. The predicted molar refractivity (Wildman–Crippen MR) is 237 cm³/mol. The van der Waals surface area contributed by atoms with Crippen molar-refractivity contribution in [2.24, 2.45) is 0 Å². The Hall–Kier alpha value is -6.94. The Bertz CT molecular complexity index is 3200. The average molecular weight is 719 g/mol. The Balaban J connectivity index is 1.26. The summed E-state index contributed by atoms with van der Waals surface area (Å²) in [5.41, 5.74) is 11.7. The van der Waals surface area contributed by atoms with E-state index in [9.17, 15) is 0 Å². The maximum absolute atomic E-state index is 2.50. The molecule has 2 heterocycles. The van der Waals surface area contributed by atoms with Crippen LogP contribution in [-0.2, 0) is 0 Å². The van der Waals surface area contributed by atoms with Gasteiger partial charge < -0.3 is 9.47 Å². The normalized spacial score (nSPS) is 11.6. The molecule has 0 atom stereocenters. The van der Waals surface area contributed by atoms with Gasteiger partial charge in [-0.15, -0.1) is 11.3 Å². The van der Waals surface area contributed by atoms with E-state index in [1.807, 2.05) is 11.3 Å². The fourth-order valence-corrected chi connectivity index (χ4v) is 9.60. The van der Waals surface area contributed by atoms with Gasteiger partial charge in [0.2, 0.25) is 0 Å². The lowest BCUT2D eigenvalue weighted by atomic mass is 10.0. The number of aromatic nitrogens is 1. The SMILES string of the molecule is c1ccc(-c2cccc(N(c3cccc4ccccc34)c3cc(-n4c5ccccc5c5ccc(-c6ccccc6)cc54)cc4c3sc3ccccc34)c2)cc1. The van der Waals surface area contributed by atoms with Crippen LogP contribution in [0.3, 0.4) is 0 Å². The number of nitrogens with zero attached hydrogens (tertiary/aromatic N) is 2. The Labute approximate surface area is 323 Å². The number of fused-ring (bicyclic) bond motifs is 7. The molecule has 0 radical (unpaired) electrons. The number of para-hydroxylation sites is 1. The summed E-state index contributed by atoms with van der Waals surface area (Å²) in [4.78, 5) is 2.50. The lowest BCUT2D eigenvalue weighted by Gasteiger charge is -2.28. The van der Waals surface area contributed by atoms with Gasteiger partial charge in [0.25, 0.3) is 0 Å². The van der Waals surface area contributed by atoms with Gasteiger partial charge in [-0.3, -0.25) is 0 Å². The third-order valence-corrected chi connectivity index (χ3v) is 12.2. The second-order valence-electron chi connectivity index (χ2n) is 14.1. The number of thiophene rings is 1. The molecule has 11 rings (SSSR count). The molecule has 258 valence electrons. The van der Waals surface area contributed by atoms with Crippen LogP contribution in [0.2, 0.25) is 0 Å². The van der Waals surface area contributed by atoms with Crippen LogP contribution in [0.5, 0.6) is 0 Å². The second-order valence-corrected chi connectivity index (χ2v) is 15.2. The molecule has 55 heavy (non-hydrogen) atoms. The van der Waals surface area contributed by atoms with E-state index in [-0.39, 0.29) is 0 Å². The molecule has 2 aromatic heterocycles. The Kier molecular flexibility index (Phi) is 7.39. The van der Waals surface area contributed by atoms with Gasteiger partial charge in [0.1, 0.15) is 0 Å². The van der Waals surface area contributed by atoms with E-state index in [4.69, 9.17) is 0 Å². The molecular formula is C52H34N2S. The van der Waals surface area contributed by atoms with E-state index in [2.05, 4.69) is 216 Å². The summed E-state index contributed by atoms with van der Waals surface area (Å²) >= 11 is 1.87. The van der Waals surface area contributed by atoms with Crippen LogP contribution in [0.1, 0.15) is 0 Å². The van der Waals surface area contributed by atoms with Crippen molar-refractivity contribution < 1.29 is 0 Å². The zero-order chi connectivity index (χ0) is 36.3. The minimum atomic E-state index is 1.11. The summed E-state index contributed by atoms with van der Waals surface area (Å²) in [6, 6.07) is 75.3. The fraction of sp³-hybridized carbons (Fsp3) is 0. The summed E-state index contributed by atoms with van der Waals surface area (Å²) in [6.45, 7) is 0. The van der Waals surface area contributed by atoms with Crippen LogP contribution >= 0.6 is 11.3 Å². The average Bonchev–Trinajstić information content (AvgIpc) is 3.80. The van der Waals surface area contributed by atoms with E-state index in [1.165, 1.54) is 75.0 Å². The molecule has 0 aliphatic heterocycles. The van der Waals surface area contributed by atoms with E-state index in [1.54, 1.807) is 0 Å². The first-order chi connectivity index (χ1) is 27.3. The lowest BCUT2D eigenvalue weighted by Crippen LogP contribution is -2.11. The first-order valence-electron chi connectivity index (χ1n) is 18.8. The van der Waals surface area contributed by atoms with E-state index in [0.29, 0.717) is 0 Å². The first-order valence-corrected chi connectivity index (χ1v) is 19.6. The van der Waals surface area contributed by atoms with Crippen molar-refractivity contribution in [2.75, 3.05) is 4.90 Å². The van der Waals surface area contributed by atoms with Crippen molar-refractivity contribution in [2.45, 2.75) is 0 Å². The topological polar surface area (TPSA) is 8.17 Å². The molecule has 9 aromatic carbocycles. The van der Waals surface area contributed by atoms with Gasteiger partial charge in [-0.05, 0) is 76.2 Å². The van der Waals surface area contributed by atoms with Crippen LogP contribution < -0.4 is 4.90 Å². The zero-order valence-corrected chi connectivity index (χ0v) is 30.7. The highest BCUT2D eigenvalue weighted by Gasteiger charge is 2.23. The summed E-state index contributed by atoms with van der Waals surface area (Å²) in [7, 11) is 0. The van der Waals surface area contributed by atoms with E-state index < -0.39 is 0 Å². The van der Waals surface area contributed by atoms with Crippen molar-refractivity contribution in [1.29, 1.82) is 0 Å². The molecule has 0 aliphatic carbocycles. The number of rotatable bonds is 6. The van der Waals surface area contributed by atoms with Crippen LogP contribution in [-0.4, -0.2) is 4.57 Å². The van der Waals surface area contributed by atoms with E-state index >= 15 is 0 Å². The highest BCUT2D eigenvalue weighted by molar-refractivity contribution is 7.26. The molecule has 0 N–H and O–H groups in total. The standard InChI is InChI=1S/C52H34N2S/c1-3-15-35(16-4-1)38-21-13-22-40(31-38)53(47-27-14-20-37-19-7-8-23-42(37)47)50-34-41(33-46-45-25-10-12-28-51(45)55-52(46)50)54-48-26-11-9-24-43(48)44-30-29-39(32-49(44)54)36-17-5-2-6-18-36/h1-34H. The van der Waals surface area contributed by atoms with Gasteiger partial charge in [-0.2, -0.15) is 0 Å².